The molecule has 0 aliphatic carbocycles. The topological polar surface area (TPSA) is 9.23 Å². The van der Waals surface area contributed by atoms with Crippen LogP contribution in [0.3, 0.4) is 0 Å². The molecule has 0 atom stereocenters. The minimum atomic E-state index is -0.171. The summed E-state index contributed by atoms with van der Waals surface area (Å²) in [4.78, 5) is 0. The molecule has 1 aliphatic rings. The second-order valence-electron chi connectivity index (χ2n) is 3.41. The molecule has 72 valence electrons. The molecule has 1 saturated heterocycles. The van der Waals surface area contributed by atoms with E-state index in [0.717, 1.165) is 13.2 Å². The fraction of sp³-hybridized carbons (Fsp3) is 1.00. The van der Waals surface area contributed by atoms with Crippen LogP contribution in [0.5, 0.6) is 0 Å². The van der Waals surface area contributed by atoms with Crippen molar-refractivity contribution in [2.45, 2.75) is 49.5 Å². The SMILES string of the molecule is C1CCOC1.C[CH2][Al]([CH2]C)[CH2]C. The van der Waals surface area contributed by atoms with Gasteiger partial charge in [0.15, 0.2) is 0 Å². The molecule has 2 heteroatoms. The van der Waals surface area contributed by atoms with E-state index in [-0.39, 0.29) is 14.1 Å². The third-order valence-corrected chi connectivity index (χ3v) is 6.02. The second-order valence-corrected chi connectivity index (χ2v) is 7.59. The predicted molar refractivity (Wildman–Crippen MR) is 57.3 cm³/mol. The van der Waals surface area contributed by atoms with Gasteiger partial charge in [-0.15, -0.1) is 0 Å². The van der Waals surface area contributed by atoms with Crippen LogP contribution in [0.2, 0.25) is 15.8 Å². The zero-order valence-electron chi connectivity index (χ0n) is 8.94. The van der Waals surface area contributed by atoms with Gasteiger partial charge in [-0.3, -0.25) is 0 Å². The highest BCUT2D eigenvalue weighted by atomic mass is 27.2. The standard InChI is InChI=1S/C4H8O.3C2H5.Al/c1-2-4-5-3-1;3*1-2;/h1-4H2;3*1H2,2H3;. The lowest BCUT2D eigenvalue weighted by Gasteiger charge is -1.97. The van der Waals surface area contributed by atoms with E-state index in [2.05, 4.69) is 20.8 Å². The van der Waals surface area contributed by atoms with Crippen molar-refractivity contribution in [2.75, 3.05) is 13.2 Å². The van der Waals surface area contributed by atoms with Crippen LogP contribution in [0, 0.1) is 0 Å². The molecule has 0 N–H and O–H groups in total. The summed E-state index contributed by atoms with van der Waals surface area (Å²) in [5.41, 5.74) is 0. The van der Waals surface area contributed by atoms with E-state index < -0.39 is 0 Å². The summed E-state index contributed by atoms with van der Waals surface area (Å²) in [5, 5.41) is 4.48. The molecule has 0 spiro atoms. The van der Waals surface area contributed by atoms with Gasteiger partial charge in [0.05, 0.1) is 0 Å². The lowest BCUT2D eigenvalue weighted by molar-refractivity contribution is 0.198. The van der Waals surface area contributed by atoms with E-state index >= 15 is 0 Å². The molecule has 0 aromatic heterocycles. The average Bonchev–Trinajstić information content (AvgIpc) is 2.64. The maximum Gasteiger partial charge on any atom is 0.261 e. The second kappa shape index (κ2) is 9.58. The molecule has 0 saturated carbocycles. The van der Waals surface area contributed by atoms with E-state index in [4.69, 9.17) is 4.74 Å². The zero-order chi connectivity index (χ0) is 9.23. The fourth-order valence-corrected chi connectivity index (χ4v) is 3.11. The third-order valence-electron chi connectivity index (χ3n) is 2.56. The van der Waals surface area contributed by atoms with Crippen molar-refractivity contribution in [3.63, 3.8) is 0 Å². The molecule has 0 bridgehead atoms. The normalized spacial score (nSPS) is 15.2. The summed E-state index contributed by atoms with van der Waals surface area (Å²) in [6.45, 7) is 8.97. The summed E-state index contributed by atoms with van der Waals surface area (Å²) >= 11 is -0.171. The van der Waals surface area contributed by atoms with E-state index in [1.165, 1.54) is 28.7 Å². The number of hydrogen-bond donors (Lipinski definition) is 0. The van der Waals surface area contributed by atoms with Gasteiger partial charge in [0.1, 0.15) is 0 Å². The molecular formula is C10H23AlO. The molecule has 1 fully saturated rings. The molecule has 0 radical (unpaired) electrons. The Labute approximate surface area is 81.9 Å². The largest absolute Gasteiger partial charge is 0.381 e. The average molecular weight is 186 g/mol. The molecule has 0 aromatic rings. The van der Waals surface area contributed by atoms with Crippen molar-refractivity contribution in [1.29, 1.82) is 0 Å². The van der Waals surface area contributed by atoms with Crippen LogP contribution in [-0.2, 0) is 4.74 Å². The highest BCUT2D eigenvalue weighted by Gasteiger charge is 2.05. The van der Waals surface area contributed by atoms with Gasteiger partial charge in [0, 0.05) is 13.2 Å². The highest BCUT2D eigenvalue weighted by Crippen LogP contribution is 2.01. The minimum absolute atomic E-state index is 0.171. The molecule has 1 aliphatic heterocycles. The molecule has 0 amide bonds. The van der Waals surface area contributed by atoms with Crippen LogP contribution in [0.4, 0.5) is 0 Å². The van der Waals surface area contributed by atoms with Gasteiger partial charge in [-0.25, -0.2) is 0 Å². The zero-order valence-corrected chi connectivity index (χ0v) is 10.1. The van der Waals surface area contributed by atoms with Crippen LogP contribution in [0.25, 0.3) is 0 Å². The van der Waals surface area contributed by atoms with Gasteiger partial charge < -0.3 is 4.74 Å². The Bertz CT molecular complexity index is 64.8. The van der Waals surface area contributed by atoms with Crippen LogP contribution < -0.4 is 0 Å². The van der Waals surface area contributed by atoms with Gasteiger partial charge >= 0.3 is 0 Å². The van der Waals surface area contributed by atoms with Crippen LogP contribution in [-0.4, -0.2) is 27.4 Å². The van der Waals surface area contributed by atoms with E-state index in [9.17, 15) is 0 Å². The van der Waals surface area contributed by atoms with Crippen molar-refractivity contribution in [3.8, 4) is 0 Å². The van der Waals surface area contributed by atoms with Gasteiger partial charge in [0.2, 0.25) is 0 Å². The fourth-order valence-electron chi connectivity index (χ4n) is 1.38. The van der Waals surface area contributed by atoms with Crippen molar-refractivity contribution in [3.05, 3.63) is 0 Å². The lowest BCUT2D eigenvalue weighted by atomic mass is 10.4. The minimum Gasteiger partial charge on any atom is -0.381 e. The predicted octanol–water partition coefficient (Wildman–Crippen LogP) is 3.34. The molecule has 0 aromatic carbocycles. The molecule has 1 rings (SSSR count). The lowest BCUT2D eigenvalue weighted by Crippen LogP contribution is -2.04. The van der Waals surface area contributed by atoms with Gasteiger partial charge in [-0.05, 0) is 12.8 Å². The summed E-state index contributed by atoms with van der Waals surface area (Å²) in [6.07, 6.45) is 2.56. The number of ether oxygens (including phenoxy) is 1. The Morgan fingerprint density at radius 3 is 1.42 bits per heavy atom. The van der Waals surface area contributed by atoms with Crippen molar-refractivity contribution in [1.82, 2.24) is 0 Å². The Kier molecular flexibility index (Phi) is 9.97. The van der Waals surface area contributed by atoms with E-state index in [0.29, 0.717) is 0 Å². The van der Waals surface area contributed by atoms with Gasteiger partial charge in [0.25, 0.3) is 14.1 Å². The first kappa shape index (κ1) is 12.5. The van der Waals surface area contributed by atoms with Crippen LogP contribution in [0.15, 0.2) is 0 Å². The number of hydrogen-bond acceptors (Lipinski definition) is 1. The van der Waals surface area contributed by atoms with Crippen LogP contribution >= 0.6 is 0 Å². The first-order valence-electron chi connectivity index (χ1n) is 5.42. The van der Waals surface area contributed by atoms with E-state index in [1.54, 1.807) is 0 Å². The maximum atomic E-state index is 4.94. The van der Waals surface area contributed by atoms with Crippen molar-refractivity contribution >= 4 is 14.1 Å². The quantitative estimate of drug-likeness (QED) is 0.614. The molecule has 0 unspecified atom stereocenters. The highest BCUT2D eigenvalue weighted by molar-refractivity contribution is 6.58. The summed E-state index contributed by atoms with van der Waals surface area (Å²) < 4.78 is 4.94. The first-order valence-corrected chi connectivity index (χ1v) is 7.87. The van der Waals surface area contributed by atoms with Crippen molar-refractivity contribution in [2.24, 2.45) is 0 Å². The third kappa shape index (κ3) is 7.16. The Balaban J connectivity index is 0.000000211. The monoisotopic (exact) mass is 186 g/mol. The molecular weight excluding hydrogens is 163 g/mol. The molecule has 1 heterocycles. The molecule has 1 nitrogen and oxygen atoms in total. The summed E-state index contributed by atoms with van der Waals surface area (Å²) in [7, 11) is 0. The van der Waals surface area contributed by atoms with Gasteiger partial charge in [-0.2, -0.15) is 0 Å². The summed E-state index contributed by atoms with van der Waals surface area (Å²) in [5.74, 6) is 0. The van der Waals surface area contributed by atoms with Gasteiger partial charge in [-0.1, -0.05) is 36.6 Å². The Morgan fingerprint density at radius 1 is 0.917 bits per heavy atom. The number of rotatable bonds is 3. The first-order chi connectivity index (χ1) is 5.85. The smallest absolute Gasteiger partial charge is 0.261 e. The summed E-state index contributed by atoms with van der Waals surface area (Å²) in [6, 6.07) is 0. The molecule has 12 heavy (non-hydrogen) atoms. The Morgan fingerprint density at radius 2 is 1.33 bits per heavy atom. The van der Waals surface area contributed by atoms with Crippen molar-refractivity contribution < 1.29 is 4.74 Å². The van der Waals surface area contributed by atoms with E-state index in [1.807, 2.05) is 0 Å². The van der Waals surface area contributed by atoms with Crippen LogP contribution in [0.1, 0.15) is 33.6 Å². The Hall–Kier alpha value is 0.492. The maximum absolute atomic E-state index is 4.94.